The summed E-state index contributed by atoms with van der Waals surface area (Å²) in [5.74, 6) is 0.250. The summed E-state index contributed by atoms with van der Waals surface area (Å²) >= 11 is 0. The van der Waals surface area contributed by atoms with Crippen molar-refractivity contribution in [2.24, 2.45) is 0 Å². The molecule has 1 heterocycles. The van der Waals surface area contributed by atoms with Gasteiger partial charge in [-0.05, 0) is 44.4 Å². The van der Waals surface area contributed by atoms with Crippen molar-refractivity contribution in [2.45, 2.75) is 38.8 Å². The number of nitrogens with zero attached hydrogens (tertiary/aromatic N) is 1. The highest BCUT2D eigenvalue weighted by atomic mass is 16.5. The Morgan fingerprint density at radius 1 is 1.42 bits per heavy atom. The highest BCUT2D eigenvalue weighted by Gasteiger charge is 2.42. The molecule has 1 aromatic rings. The Morgan fingerprint density at radius 2 is 2.19 bits per heavy atom. The molecule has 1 aromatic carbocycles. The first-order valence-electron chi connectivity index (χ1n) is 8.88. The standard InChI is InChI=1S/C20H24N2O4/c1-4-11-26-16-8-6-7-14(12-16)18-17(19(23)25-5-2)13(3)22(15-9-10-15)20(24)21-18/h4,6-8,12,15,18H,1,5,9-11H2,2-3H3,(H,21,24)/t18-/m1/s1. The Morgan fingerprint density at radius 3 is 2.85 bits per heavy atom. The highest BCUT2D eigenvalue weighted by molar-refractivity contribution is 5.95. The van der Waals surface area contributed by atoms with Crippen LogP contribution >= 0.6 is 0 Å². The minimum atomic E-state index is -0.566. The molecule has 0 spiro atoms. The number of nitrogens with one attached hydrogen (secondary N) is 1. The van der Waals surface area contributed by atoms with Crippen LogP contribution in [0.4, 0.5) is 4.79 Å². The summed E-state index contributed by atoms with van der Waals surface area (Å²) < 4.78 is 10.8. The number of benzene rings is 1. The van der Waals surface area contributed by atoms with Gasteiger partial charge in [0.25, 0.3) is 0 Å². The Kier molecular flexibility index (Phi) is 5.30. The molecule has 1 aliphatic heterocycles. The van der Waals surface area contributed by atoms with Crippen LogP contribution in [0.15, 0.2) is 48.2 Å². The van der Waals surface area contributed by atoms with Crippen LogP contribution in [0.5, 0.6) is 5.75 Å². The van der Waals surface area contributed by atoms with Gasteiger partial charge in [-0.15, -0.1) is 0 Å². The third-order valence-electron chi connectivity index (χ3n) is 4.49. The first-order chi connectivity index (χ1) is 12.6. The molecular formula is C20H24N2O4. The highest BCUT2D eigenvalue weighted by Crippen LogP contribution is 2.38. The van der Waals surface area contributed by atoms with E-state index in [1.807, 2.05) is 31.2 Å². The van der Waals surface area contributed by atoms with E-state index in [4.69, 9.17) is 9.47 Å². The maximum absolute atomic E-state index is 12.6. The van der Waals surface area contributed by atoms with Crippen molar-refractivity contribution in [3.8, 4) is 5.75 Å². The summed E-state index contributed by atoms with van der Waals surface area (Å²) in [6.45, 7) is 7.89. The summed E-state index contributed by atoms with van der Waals surface area (Å²) in [5, 5.41) is 2.96. The molecule has 6 heteroatoms. The van der Waals surface area contributed by atoms with Gasteiger partial charge in [0, 0.05) is 11.7 Å². The van der Waals surface area contributed by atoms with Crippen molar-refractivity contribution >= 4 is 12.0 Å². The summed E-state index contributed by atoms with van der Waals surface area (Å²) in [5.41, 5.74) is 1.91. The van der Waals surface area contributed by atoms with Crippen LogP contribution in [0.1, 0.15) is 38.3 Å². The molecule has 0 aromatic heterocycles. The van der Waals surface area contributed by atoms with Gasteiger partial charge in [-0.1, -0.05) is 24.8 Å². The van der Waals surface area contributed by atoms with E-state index in [0.29, 0.717) is 23.6 Å². The lowest BCUT2D eigenvalue weighted by atomic mass is 9.94. The van der Waals surface area contributed by atoms with Gasteiger partial charge in [0.1, 0.15) is 12.4 Å². The zero-order valence-electron chi connectivity index (χ0n) is 15.2. The lowest BCUT2D eigenvalue weighted by molar-refractivity contribution is -0.139. The van der Waals surface area contributed by atoms with Gasteiger partial charge in [-0.3, -0.25) is 4.90 Å². The minimum Gasteiger partial charge on any atom is -0.490 e. The molecule has 0 unspecified atom stereocenters. The average molecular weight is 356 g/mol. The van der Waals surface area contributed by atoms with Crippen molar-refractivity contribution in [3.63, 3.8) is 0 Å². The molecule has 1 aliphatic carbocycles. The number of hydrogen-bond acceptors (Lipinski definition) is 4. The first-order valence-corrected chi connectivity index (χ1v) is 8.88. The molecule has 1 atom stereocenters. The summed E-state index contributed by atoms with van der Waals surface area (Å²) in [6, 6.07) is 6.78. The van der Waals surface area contributed by atoms with E-state index in [-0.39, 0.29) is 18.7 Å². The fourth-order valence-electron chi connectivity index (χ4n) is 3.19. The van der Waals surface area contributed by atoms with Crippen LogP contribution in [-0.4, -0.2) is 36.2 Å². The number of ether oxygens (including phenoxy) is 2. The Bertz CT molecular complexity index is 752. The molecule has 138 valence electrons. The van der Waals surface area contributed by atoms with Crippen LogP contribution in [-0.2, 0) is 9.53 Å². The van der Waals surface area contributed by atoms with Gasteiger partial charge in [-0.2, -0.15) is 0 Å². The van der Waals surface area contributed by atoms with Gasteiger partial charge in [-0.25, -0.2) is 9.59 Å². The van der Waals surface area contributed by atoms with Crippen LogP contribution < -0.4 is 10.1 Å². The second-order valence-corrected chi connectivity index (χ2v) is 6.38. The van der Waals surface area contributed by atoms with E-state index in [0.717, 1.165) is 18.4 Å². The molecule has 1 fully saturated rings. The lowest BCUT2D eigenvalue weighted by Gasteiger charge is -2.35. The Labute approximate surface area is 153 Å². The van der Waals surface area contributed by atoms with Gasteiger partial charge in [0.05, 0.1) is 18.2 Å². The SMILES string of the molecule is C=CCOc1cccc([C@H]2NC(=O)N(C3CC3)C(C)=C2C(=O)OCC)c1. The van der Waals surface area contributed by atoms with E-state index < -0.39 is 12.0 Å². The number of rotatable bonds is 7. The Balaban J connectivity index is 1.99. The van der Waals surface area contributed by atoms with Gasteiger partial charge in [0.15, 0.2) is 0 Å². The topological polar surface area (TPSA) is 67.9 Å². The third kappa shape index (κ3) is 3.59. The van der Waals surface area contributed by atoms with Crippen molar-refractivity contribution < 1.29 is 19.1 Å². The third-order valence-corrected chi connectivity index (χ3v) is 4.49. The molecule has 1 saturated carbocycles. The fraction of sp³-hybridized carbons (Fsp3) is 0.400. The summed E-state index contributed by atoms with van der Waals surface area (Å²) in [6.07, 6.45) is 3.57. The monoisotopic (exact) mass is 356 g/mol. The smallest absolute Gasteiger partial charge is 0.338 e. The largest absolute Gasteiger partial charge is 0.490 e. The predicted octanol–water partition coefficient (Wildman–Crippen LogP) is 3.32. The minimum absolute atomic E-state index is 0.169. The number of hydrogen-bond donors (Lipinski definition) is 1. The number of allylic oxidation sites excluding steroid dienone is 1. The van der Waals surface area contributed by atoms with Gasteiger partial charge >= 0.3 is 12.0 Å². The molecule has 6 nitrogen and oxygen atoms in total. The second kappa shape index (κ2) is 7.64. The molecule has 0 saturated heterocycles. The summed E-state index contributed by atoms with van der Waals surface area (Å²) in [7, 11) is 0. The Hall–Kier alpha value is -2.76. The van der Waals surface area contributed by atoms with Gasteiger partial charge in [0.2, 0.25) is 0 Å². The number of carbonyl (C=O) groups excluding carboxylic acids is 2. The van der Waals surface area contributed by atoms with Crippen LogP contribution in [0.2, 0.25) is 0 Å². The summed E-state index contributed by atoms with van der Waals surface area (Å²) in [4.78, 5) is 27.0. The van der Waals surface area contributed by atoms with Gasteiger partial charge < -0.3 is 14.8 Å². The van der Waals surface area contributed by atoms with Crippen molar-refractivity contribution in [2.75, 3.05) is 13.2 Å². The van der Waals surface area contributed by atoms with Crippen LogP contribution in [0.25, 0.3) is 0 Å². The molecule has 0 radical (unpaired) electrons. The number of carbonyl (C=O) groups is 2. The fourth-order valence-corrected chi connectivity index (χ4v) is 3.19. The molecule has 26 heavy (non-hydrogen) atoms. The normalized spacial score (nSPS) is 19.8. The molecular weight excluding hydrogens is 332 g/mol. The zero-order chi connectivity index (χ0) is 18.7. The molecule has 2 aliphatic rings. The average Bonchev–Trinajstić information content (AvgIpc) is 3.44. The van der Waals surface area contributed by atoms with E-state index in [9.17, 15) is 9.59 Å². The quantitative estimate of drug-likeness (QED) is 0.601. The van der Waals surface area contributed by atoms with E-state index in [2.05, 4.69) is 11.9 Å². The number of urea groups is 1. The molecule has 2 amide bonds. The zero-order valence-corrected chi connectivity index (χ0v) is 15.2. The first kappa shape index (κ1) is 18.0. The van der Waals surface area contributed by atoms with Crippen molar-refractivity contribution in [1.29, 1.82) is 0 Å². The van der Waals surface area contributed by atoms with Crippen LogP contribution in [0, 0.1) is 0 Å². The molecule has 3 rings (SSSR count). The van der Waals surface area contributed by atoms with E-state index in [1.54, 1.807) is 17.9 Å². The molecule has 1 N–H and O–H groups in total. The number of esters is 1. The van der Waals surface area contributed by atoms with E-state index in [1.165, 1.54) is 0 Å². The second-order valence-electron chi connectivity index (χ2n) is 6.38. The lowest BCUT2D eigenvalue weighted by Crippen LogP contribution is -2.48. The molecule has 0 bridgehead atoms. The predicted molar refractivity (Wildman–Crippen MR) is 97.6 cm³/mol. The maximum atomic E-state index is 12.6. The van der Waals surface area contributed by atoms with Crippen molar-refractivity contribution in [3.05, 3.63) is 53.8 Å². The maximum Gasteiger partial charge on any atom is 0.338 e. The van der Waals surface area contributed by atoms with Crippen molar-refractivity contribution in [1.82, 2.24) is 10.2 Å². The number of amides is 2. The van der Waals surface area contributed by atoms with E-state index >= 15 is 0 Å². The van der Waals surface area contributed by atoms with Crippen LogP contribution in [0.3, 0.4) is 0 Å².